The van der Waals surface area contributed by atoms with Gasteiger partial charge in [0, 0.05) is 24.1 Å². The molecule has 0 fully saturated rings. The highest BCUT2D eigenvalue weighted by Crippen LogP contribution is 2.31. The predicted octanol–water partition coefficient (Wildman–Crippen LogP) is 4.24. The first-order valence-corrected chi connectivity index (χ1v) is 9.76. The molecule has 0 radical (unpaired) electrons. The highest BCUT2D eigenvalue weighted by atomic mass is 32.2. The second-order valence-electron chi connectivity index (χ2n) is 6.27. The normalized spacial score (nSPS) is 10.6. The molecule has 2 aromatic carbocycles. The summed E-state index contributed by atoms with van der Waals surface area (Å²) in [7, 11) is 3.22. The number of hydrogen-bond donors (Lipinski definition) is 1. The van der Waals surface area contributed by atoms with E-state index in [-0.39, 0.29) is 11.7 Å². The van der Waals surface area contributed by atoms with Gasteiger partial charge in [0.05, 0.1) is 25.7 Å². The summed E-state index contributed by atoms with van der Waals surface area (Å²) in [5.74, 6) is 1.56. The molecule has 0 unspecified atom stereocenters. The molecule has 0 aliphatic rings. The summed E-state index contributed by atoms with van der Waals surface area (Å²) in [5.41, 5.74) is 3.81. The molecule has 146 valence electrons. The molecule has 3 rings (SSSR count). The first kappa shape index (κ1) is 19.8. The van der Waals surface area contributed by atoms with Crippen LogP contribution in [0.15, 0.2) is 53.9 Å². The van der Waals surface area contributed by atoms with E-state index in [1.807, 2.05) is 61.0 Å². The molecule has 0 saturated carbocycles. The number of carbonyl (C=O) groups excluding carboxylic acids is 1. The third-order valence-corrected chi connectivity index (χ3v) is 5.22. The number of ether oxygens (including phenoxy) is 2. The molecule has 0 spiro atoms. The Morgan fingerprint density at radius 1 is 1.14 bits per heavy atom. The first-order chi connectivity index (χ1) is 13.5. The van der Waals surface area contributed by atoms with Crippen molar-refractivity contribution < 1.29 is 14.3 Å². The van der Waals surface area contributed by atoms with Crippen LogP contribution in [0.1, 0.15) is 11.1 Å². The molecule has 1 amide bonds. The minimum Gasteiger partial charge on any atom is -0.497 e. The van der Waals surface area contributed by atoms with Gasteiger partial charge in [0.15, 0.2) is 5.16 Å². The third-order valence-electron chi connectivity index (χ3n) is 4.25. The fraction of sp³-hybridized carbons (Fsp3) is 0.238. The number of nitrogens with zero attached hydrogens (tertiary/aromatic N) is 2. The van der Waals surface area contributed by atoms with Gasteiger partial charge in [-0.2, -0.15) is 0 Å². The van der Waals surface area contributed by atoms with Crippen molar-refractivity contribution in [2.75, 3.05) is 25.3 Å². The number of rotatable bonds is 7. The van der Waals surface area contributed by atoms with Crippen LogP contribution in [0.25, 0.3) is 5.69 Å². The third kappa shape index (κ3) is 4.48. The van der Waals surface area contributed by atoms with Gasteiger partial charge in [-0.3, -0.25) is 9.36 Å². The number of benzene rings is 2. The Morgan fingerprint density at radius 3 is 2.71 bits per heavy atom. The van der Waals surface area contributed by atoms with Crippen LogP contribution in [-0.4, -0.2) is 35.4 Å². The van der Waals surface area contributed by atoms with Crippen LogP contribution in [0.4, 0.5) is 5.69 Å². The van der Waals surface area contributed by atoms with E-state index in [4.69, 9.17) is 9.47 Å². The summed E-state index contributed by atoms with van der Waals surface area (Å²) < 4.78 is 12.6. The van der Waals surface area contributed by atoms with E-state index in [0.29, 0.717) is 16.7 Å². The number of nitrogens with one attached hydrogen (secondary N) is 1. The van der Waals surface area contributed by atoms with Crippen LogP contribution >= 0.6 is 11.8 Å². The van der Waals surface area contributed by atoms with Crippen LogP contribution in [0, 0.1) is 13.8 Å². The molecular weight excluding hydrogens is 374 g/mol. The maximum absolute atomic E-state index is 12.4. The van der Waals surface area contributed by atoms with Crippen molar-refractivity contribution in [3.05, 3.63) is 59.9 Å². The number of anilines is 1. The van der Waals surface area contributed by atoms with Gasteiger partial charge in [0.2, 0.25) is 5.91 Å². The number of carbonyl (C=O) groups is 1. The molecule has 0 saturated heterocycles. The molecule has 0 aliphatic heterocycles. The highest BCUT2D eigenvalue weighted by Gasteiger charge is 2.14. The Balaban J connectivity index is 1.73. The highest BCUT2D eigenvalue weighted by molar-refractivity contribution is 7.99. The minimum absolute atomic E-state index is 0.0741. The lowest BCUT2D eigenvalue weighted by Gasteiger charge is -2.13. The Kier molecular flexibility index (Phi) is 6.26. The zero-order valence-corrected chi connectivity index (χ0v) is 17.2. The van der Waals surface area contributed by atoms with Gasteiger partial charge in [-0.1, -0.05) is 23.9 Å². The summed E-state index contributed by atoms with van der Waals surface area (Å²) in [5, 5.41) is 3.68. The molecular formula is C21H23N3O3S. The maximum atomic E-state index is 12.4. The molecule has 1 heterocycles. The van der Waals surface area contributed by atoms with E-state index in [2.05, 4.69) is 10.3 Å². The average Bonchev–Trinajstić information content (AvgIpc) is 3.17. The lowest BCUT2D eigenvalue weighted by Crippen LogP contribution is -2.15. The van der Waals surface area contributed by atoms with Crippen LogP contribution < -0.4 is 14.8 Å². The largest absolute Gasteiger partial charge is 0.497 e. The van der Waals surface area contributed by atoms with E-state index in [9.17, 15) is 4.79 Å². The van der Waals surface area contributed by atoms with Gasteiger partial charge in [-0.05, 0) is 43.2 Å². The van der Waals surface area contributed by atoms with Gasteiger partial charge >= 0.3 is 0 Å². The summed E-state index contributed by atoms with van der Waals surface area (Å²) in [6.07, 6.45) is 3.55. The Labute approximate surface area is 168 Å². The zero-order valence-electron chi connectivity index (χ0n) is 16.4. The van der Waals surface area contributed by atoms with Gasteiger partial charge in [-0.25, -0.2) is 4.98 Å². The average molecular weight is 398 g/mol. The van der Waals surface area contributed by atoms with Crippen molar-refractivity contribution in [3.63, 3.8) is 0 Å². The molecule has 1 N–H and O–H groups in total. The van der Waals surface area contributed by atoms with E-state index in [0.717, 1.165) is 22.5 Å². The van der Waals surface area contributed by atoms with Crippen LogP contribution in [-0.2, 0) is 4.79 Å². The van der Waals surface area contributed by atoms with Crippen LogP contribution in [0.5, 0.6) is 11.5 Å². The fourth-order valence-electron chi connectivity index (χ4n) is 2.75. The van der Waals surface area contributed by atoms with E-state index < -0.39 is 0 Å². The quantitative estimate of drug-likeness (QED) is 0.604. The number of hydrogen-bond acceptors (Lipinski definition) is 5. The van der Waals surface area contributed by atoms with Gasteiger partial charge in [0.25, 0.3) is 0 Å². The Hall–Kier alpha value is -2.93. The van der Waals surface area contributed by atoms with Crippen molar-refractivity contribution in [1.29, 1.82) is 0 Å². The monoisotopic (exact) mass is 397 g/mol. The smallest absolute Gasteiger partial charge is 0.234 e. The number of aryl methyl sites for hydroxylation is 2. The molecule has 6 nitrogen and oxygen atoms in total. The van der Waals surface area contributed by atoms with Crippen molar-refractivity contribution in [1.82, 2.24) is 9.55 Å². The summed E-state index contributed by atoms with van der Waals surface area (Å²) in [6, 6.07) is 11.6. The number of amides is 1. The van der Waals surface area contributed by atoms with Gasteiger partial charge in [0.1, 0.15) is 11.5 Å². The Bertz CT molecular complexity index is 985. The molecule has 0 atom stereocenters. The summed E-state index contributed by atoms with van der Waals surface area (Å²) in [6.45, 7) is 3.98. The molecule has 1 aromatic heterocycles. The van der Waals surface area contributed by atoms with Gasteiger partial charge in [-0.15, -0.1) is 0 Å². The topological polar surface area (TPSA) is 65.4 Å². The van der Waals surface area contributed by atoms with Crippen LogP contribution in [0.2, 0.25) is 0 Å². The van der Waals surface area contributed by atoms with Crippen molar-refractivity contribution >= 4 is 23.4 Å². The van der Waals surface area contributed by atoms with Crippen molar-refractivity contribution in [3.8, 4) is 17.2 Å². The number of methoxy groups -OCH3 is 2. The molecule has 28 heavy (non-hydrogen) atoms. The molecule has 0 aliphatic carbocycles. The van der Waals surface area contributed by atoms with E-state index >= 15 is 0 Å². The zero-order chi connectivity index (χ0) is 20.1. The SMILES string of the molecule is COc1ccc(-n2ccnc2SCC(=O)Nc2cc(C)ccc2C)c(OC)c1. The number of imidazole rings is 1. The minimum atomic E-state index is -0.0741. The Morgan fingerprint density at radius 2 is 1.96 bits per heavy atom. The van der Waals surface area contributed by atoms with Crippen LogP contribution in [0.3, 0.4) is 0 Å². The molecule has 7 heteroatoms. The van der Waals surface area contributed by atoms with Gasteiger partial charge < -0.3 is 14.8 Å². The lowest BCUT2D eigenvalue weighted by molar-refractivity contribution is -0.113. The second-order valence-corrected chi connectivity index (χ2v) is 7.22. The second kappa shape index (κ2) is 8.84. The molecule has 3 aromatic rings. The molecule has 0 bridgehead atoms. The van der Waals surface area contributed by atoms with Crippen molar-refractivity contribution in [2.45, 2.75) is 19.0 Å². The van der Waals surface area contributed by atoms with Crippen molar-refractivity contribution in [2.24, 2.45) is 0 Å². The number of thioether (sulfide) groups is 1. The fourth-order valence-corrected chi connectivity index (χ4v) is 3.52. The summed E-state index contributed by atoms with van der Waals surface area (Å²) in [4.78, 5) is 16.8. The predicted molar refractivity (Wildman–Crippen MR) is 112 cm³/mol. The summed E-state index contributed by atoms with van der Waals surface area (Å²) >= 11 is 1.37. The number of aromatic nitrogens is 2. The standard InChI is InChI=1S/C21H23N3O3S/c1-14-5-6-15(2)17(11-14)23-20(25)13-28-21-22-9-10-24(21)18-8-7-16(26-3)12-19(18)27-4/h5-12H,13H2,1-4H3,(H,23,25). The maximum Gasteiger partial charge on any atom is 0.234 e. The van der Waals surface area contributed by atoms with E-state index in [1.54, 1.807) is 20.4 Å². The lowest BCUT2D eigenvalue weighted by atomic mass is 10.1. The first-order valence-electron chi connectivity index (χ1n) is 8.77. The van der Waals surface area contributed by atoms with E-state index in [1.165, 1.54) is 11.8 Å².